The van der Waals surface area contributed by atoms with Crippen molar-refractivity contribution in [1.29, 1.82) is 0 Å². The monoisotopic (exact) mass is 389 g/mol. The molecule has 0 aromatic heterocycles. The smallest absolute Gasteiger partial charge is 0.326 e. The van der Waals surface area contributed by atoms with Crippen LogP contribution in [0.5, 0.6) is 0 Å². The lowest BCUT2D eigenvalue weighted by molar-refractivity contribution is -0.385. The molecule has 1 aromatic rings. The van der Waals surface area contributed by atoms with Crippen molar-refractivity contribution in [3.8, 4) is 0 Å². The first kappa shape index (κ1) is 20.7. The van der Waals surface area contributed by atoms with Gasteiger partial charge in [-0.15, -0.1) is 0 Å². The summed E-state index contributed by atoms with van der Waals surface area (Å²) in [4.78, 5) is 61.1. The van der Waals surface area contributed by atoms with Gasteiger partial charge in [-0.25, -0.2) is 0 Å². The lowest BCUT2D eigenvalue weighted by atomic mass is 10.1. The number of imide groups is 1. The van der Waals surface area contributed by atoms with E-state index < -0.39 is 47.5 Å². The van der Waals surface area contributed by atoms with Crippen LogP contribution in [0.25, 0.3) is 0 Å². The number of nitro groups is 1. The van der Waals surface area contributed by atoms with E-state index in [-0.39, 0.29) is 11.1 Å². The number of hydrogen-bond donors (Lipinski definition) is 0. The summed E-state index contributed by atoms with van der Waals surface area (Å²) in [7, 11) is 0. The van der Waals surface area contributed by atoms with E-state index in [0.29, 0.717) is 18.0 Å². The third kappa shape index (κ3) is 4.22. The van der Waals surface area contributed by atoms with E-state index in [4.69, 9.17) is 4.74 Å². The zero-order chi connectivity index (χ0) is 21.0. The van der Waals surface area contributed by atoms with Crippen molar-refractivity contribution in [1.82, 2.24) is 9.80 Å². The lowest BCUT2D eigenvalue weighted by Crippen LogP contribution is -2.39. The second-order valence-corrected chi connectivity index (χ2v) is 6.18. The Kier molecular flexibility index (Phi) is 6.24. The fourth-order valence-corrected chi connectivity index (χ4v) is 2.72. The molecular formula is C18H19N3O7. The van der Waals surface area contributed by atoms with Crippen molar-refractivity contribution in [3.05, 3.63) is 51.6 Å². The van der Waals surface area contributed by atoms with E-state index in [1.165, 1.54) is 17.0 Å². The molecule has 10 heteroatoms. The Balaban J connectivity index is 2.03. The van der Waals surface area contributed by atoms with E-state index in [0.717, 1.165) is 11.6 Å². The number of amides is 3. The van der Waals surface area contributed by atoms with Crippen LogP contribution in [0.2, 0.25) is 0 Å². The molecule has 1 aliphatic rings. The van der Waals surface area contributed by atoms with Crippen molar-refractivity contribution >= 4 is 29.4 Å². The molecule has 28 heavy (non-hydrogen) atoms. The van der Waals surface area contributed by atoms with E-state index in [1.807, 2.05) is 0 Å². The number of nitrogens with zero attached hydrogens (tertiary/aromatic N) is 3. The van der Waals surface area contributed by atoms with Gasteiger partial charge >= 0.3 is 5.97 Å². The molecule has 1 aromatic carbocycles. The maximum absolute atomic E-state index is 12.4. The van der Waals surface area contributed by atoms with Crippen molar-refractivity contribution < 1.29 is 28.8 Å². The topological polar surface area (TPSA) is 127 Å². The second-order valence-electron chi connectivity index (χ2n) is 6.18. The fraction of sp³-hybridized carbons (Fsp3) is 0.333. The summed E-state index contributed by atoms with van der Waals surface area (Å²) in [6, 6.07) is 3.66. The van der Waals surface area contributed by atoms with E-state index in [9.17, 15) is 29.3 Å². The first-order chi connectivity index (χ1) is 13.2. The van der Waals surface area contributed by atoms with Crippen LogP contribution in [-0.2, 0) is 14.3 Å². The highest BCUT2D eigenvalue weighted by Crippen LogP contribution is 2.30. The summed E-state index contributed by atoms with van der Waals surface area (Å²) in [6.07, 6.45) is 0. The van der Waals surface area contributed by atoms with E-state index in [1.54, 1.807) is 13.8 Å². The highest BCUT2D eigenvalue weighted by Gasteiger charge is 2.42. The quantitative estimate of drug-likeness (QED) is 0.215. The molecule has 0 unspecified atom stereocenters. The molecular weight excluding hydrogens is 370 g/mol. The first-order valence-corrected chi connectivity index (χ1v) is 8.38. The molecule has 0 aliphatic carbocycles. The van der Waals surface area contributed by atoms with Gasteiger partial charge in [0.15, 0.2) is 6.61 Å². The maximum atomic E-state index is 12.4. The van der Waals surface area contributed by atoms with Gasteiger partial charge in [-0.1, -0.05) is 18.2 Å². The summed E-state index contributed by atoms with van der Waals surface area (Å²) < 4.78 is 4.86. The Bertz CT molecular complexity index is 878. The lowest BCUT2D eigenvalue weighted by Gasteiger charge is -2.21. The molecule has 0 radical (unpaired) electrons. The Labute approximate surface area is 160 Å². The number of hydrogen-bond acceptors (Lipinski definition) is 7. The normalized spacial score (nSPS) is 12.6. The number of likely N-dealkylation sites (N-methyl/N-ethyl adjacent to an activating group) is 1. The van der Waals surface area contributed by atoms with Crippen molar-refractivity contribution in [2.45, 2.75) is 13.8 Å². The summed E-state index contributed by atoms with van der Waals surface area (Å²) in [5.41, 5.74) is -0.267. The van der Waals surface area contributed by atoms with Gasteiger partial charge in [-0.3, -0.25) is 34.2 Å². The van der Waals surface area contributed by atoms with Crippen molar-refractivity contribution in [3.63, 3.8) is 0 Å². The minimum absolute atomic E-state index is 0.151. The average molecular weight is 389 g/mol. The van der Waals surface area contributed by atoms with Crippen LogP contribution in [0.4, 0.5) is 5.69 Å². The maximum Gasteiger partial charge on any atom is 0.326 e. The van der Waals surface area contributed by atoms with Crippen LogP contribution >= 0.6 is 0 Å². The van der Waals surface area contributed by atoms with Gasteiger partial charge in [0.2, 0.25) is 0 Å². The largest absolute Gasteiger partial charge is 0.454 e. The number of carbonyl (C=O) groups is 4. The van der Waals surface area contributed by atoms with Gasteiger partial charge in [-0.2, -0.15) is 0 Å². The Morgan fingerprint density at radius 1 is 1.29 bits per heavy atom. The van der Waals surface area contributed by atoms with Crippen LogP contribution in [0.15, 0.2) is 30.4 Å². The number of rotatable bonds is 8. The number of nitro benzene ring substituents is 1. The Morgan fingerprint density at radius 3 is 2.54 bits per heavy atom. The van der Waals surface area contributed by atoms with Crippen LogP contribution in [0.1, 0.15) is 34.6 Å². The SMILES string of the molecule is C=C(C)CN(CC)C(=O)COC(=O)CN1C(=O)c2cccc([N+](=O)[O-])c2C1=O. The molecule has 0 N–H and O–H groups in total. The average Bonchev–Trinajstić information content (AvgIpc) is 2.88. The minimum atomic E-state index is -0.975. The molecule has 0 spiro atoms. The number of ether oxygens (including phenoxy) is 1. The third-order valence-electron chi connectivity index (χ3n) is 4.01. The van der Waals surface area contributed by atoms with Gasteiger partial charge in [0, 0.05) is 19.2 Å². The van der Waals surface area contributed by atoms with Crippen molar-refractivity contribution in [2.75, 3.05) is 26.2 Å². The molecule has 0 saturated heterocycles. The number of fused-ring (bicyclic) bond motifs is 1. The zero-order valence-electron chi connectivity index (χ0n) is 15.5. The highest BCUT2D eigenvalue weighted by molar-refractivity contribution is 6.24. The van der Waals surface area contributed by atoms with Gasteiger partial charge in [0.1, 0.15) is 12.1 Å². The van der Waals surface area contributed by atoms with Crippen LogP contribution < -0.4 is 0 Å². The standard InChI is InChI=1S/C18H19N3O7/c1-4-19(8-11(2)3)14(22)10-28-15(23)9-20-17(24)12-6-5-7-13(21(26)27)16(12)18(20)25/h5-7H,2,4,8-10H2,1,3H3. The molecule has 0 saturated carbocycles. The summed E-state index contributed by atoms with van der Waals surface area (Å²) in [5, 5.41) is 11.1. The van der Waals surface area contributed by atoms with E-state index in [2.05, 4.69) is 6.58 Å². The highest BCUT2D eigenvalue weighted by atomic mass is 16.6. The summed E-state index contributed by atoms with van der Waals surface area (Å²) in [5.74, 6) is -3.20. The van der Waals surface area contributed by atoms with Crippen molar-refractivity contribution in [2.24, 2.45) is 0 Å². The van der Waals surface area contributed by atoms with Gasteiger partial charge in [-0.05, 0) is 19.9 Å². The predicted octanol–water partition coefficient (Wildman–Crippen LogP) is 1.16. The van der Waals surface area contributed by atoms with Crippen LogP contribution in [0, 0.1) is 10.1 Å². The summed E-state index contributed by atoms with van der Waals surface area (Å²) in [6.45, 7) is 6.63. The number of benzene rings is 1. The third-order valence-corrected chi connectivity index (χ3v) is 4.01. The second kappa shape index (κ2) is 8.42. The Hall–Kier alpha value is -3.56. The first-order valence-electron chi connectivity index (χ1n) is 8.38. The molecule has 2 rings (SSSR count). The molecule has 0 atom stereocenters. The van der Waals surface area contributed by atoms with Gasteiger partial charge in [0.25, 0.3) is 23.4 Å². The number of esters is 1. The molecule has 0 fully saturated rings. The predicted molar refractivity (Wildman–Crippen MR) is 96.5 cm³/mol. The fourth-order valence-electron chi connectivity index (χ4n) is 2.72. The number of carbonyl (C=O) groups excluding carboxylic acids is 4. The Morgan fingerprint density at radius 2 is 1.96 bits per heavy atom. The van der Waals surface area contributed by atoms with Crippen LogP contribution in [0.3, 0.4) is 0 Å². The molecule has 3 amide bonds. The molecule has 148 valence electrons. The van der Waals surface area contributed by atoms with E-state index >= 15 is 0 Å². The zero-order valence-corrected chi connectivity index (χ0v) is 15.5. The van der Waals surface area contributed by atoms with Gasteiger partial charge in [0.05, 0.1) is 10.5 Å². The summed E-state index contributed by atoms with van der Waals surface area (Å²) >= 11 is 0. The minimum Gasteiger partial charge on any atom is -0.454 e. The molecule has 0 bridgehead atoms. The van der Waals surface area contributed by atoms with Gasteiger partial charge < -0.3 is 9.64 Å². The molecule has 1 aliphatic heterocycles. The van der Waals surface area contributed by atoms with Crippen LogP contribution in [-0.4, -0.2) is 64.7 Å². The molecule has 1 heterocycles. The molecule has 10 nitrogen and oxygen atoms in total.